The fourth-order valence-electron chi connectivity index (χ4n) is 2.95. The molecule has 0 radical (unpaired) electrons. The Kier molecular flexibility index (Phi) is 4.00. The lowest BCUT2D eigenvalue weighted by Gasteiger charge is -2.28. The number of nitrogens with zero attached hydrogens (tertiary/aromatic N) is 1. The van der Waals surface area contributed by atoms with E-state index in [1.54, 1.807) is 0 Å². The highest BCUT2D eigenvalue weighted by atomic mass is 16.2. The Bertz CT molecular complexity index is 294. The van der Waals surface area contributed by atoms with E-state index in [1.807, 2.05) is 0 Å². The SMILES string of the molecule is CC(CC(=O)N1CC2CCCNC2C1)C(C)(C)C. The second-order valence-corrected chi connectivity index (χ2v) is 7.23. The van der Waals surface area contributed by atoms with Gasteiger partial charge in [-0.05, 0) is 36.6 Å². The molecule has 0 aromatic heterocycles. The third kappa shape index (κ3) is 3.05. The lowest BCUT2D eigenvalue weighted by Crippen LogP contribution is -2.41. The summed E-state index contributed by atoms with van der Waals surface area (Å²) in [5, 5.41) is 3.56. The van der Waals surface area contributed by atoms with Crippen LogP contribution >= 0.6 is 0 Å². The Balaban J connectivity index is 1.87. The van der Waals surface area contributed by atoms with Crippen molar-refractivity contribution in [2.75, 3.05) is 19.6 Å². The number of hydrogen-bond acceptors (Lipinski definition) is 2. The fraction of sp³-hybridized carbons (Fsp3) is 0.933. The monoisotopic (exact) mass is 252 g/mol. The van der Waals surface area contributed by atoms with Gasteiger partial charge in [-0.15, -0.1) is 0 Å². The van der Waals surface area contributed by atoms with Gasteiger partial charge in [0.15, 0.2) is 0 Å². The van der Waals surface area contributed by atoms with Crippen LogP contribution in [0.3, 0.4) is 0 Å². The summed E-state index contributed by atoms with van der Waals surface area (Å²) in [6, 6.07) is 0.563. The van der Waals surface area contributed by atoms with E-state index in [9.17, 15) is 4.79 Å². The molecule has 0 bridgehead atoms. The van der Waals surface area contributed by atoms with Gasteiger partial charge in [0, 0.05) is 25.6 Å². The predicted molar refractivity (Wildman–Crippen MR) is 74.3 cm³/mol. The van der Waals surface area contributed by atoms with Crippen LogP contribution in [0.4, 0.5) is 0 Å². The van der Waals surface area contributed by atoms with Crippen LogP contribution < -0.4 is 5.32 Å². The molecule has 2 rings (SSSR count). The molecular formula is C15H28N2O. The fourth-order valence-corrected chi connectivity index (χ4v) is 2.95. The first-order valence-electron chi connectivity index (χ1n) is 7.39. The molecule has 3 nitrogen and oxygen atoms in total. The number of fused-ring (bicyclic) bond motifs is 1. The van der Waals surface area contributed by atoms with Gasteiger partial charge in [0.25, 0.3) is 0 Å². The van der Waals surface area contributed by atoms with Crippen molar-refractivity contribution in [2.24, 2.45) is 17.3 Å². The van der Waals surface area contributed by atoms with Crippen LogP contribution in [-0.2, 0) is 4.79 Å². The Morgan fingerprint density at radius 3 is 2.72 bits per heavy atom. The average Bonchev–Trinajstić information content (AvgIpc) is 2.71. The quantitative estimate of drug-likeness (QED) is 0.817. The highest BCUT2D eigenvalue weighted by molar-refractivity contribution is 5.77. The summed E-state index contributed by atoms with van der Waals surface area (Å²) < 4.78 is 0. The molecule has 0 saturated carbocycles. The van der Waals surface area contributed by atoms with Crippen molar-refractivity contribution in [1.82, 2.24) is 10.2 Å². The first-order chi connectivity index (χ1) is 8.38. The average molecular weight is 252 g/mol. The van der Waals surface area contributed by atoms with E-state index < -0.39 is 0 Å². The largest absolute Gasteiger partial charge is 0.341 e. The van der Waals surface area contributed by atoms with E-state index in [1.165, 1.54) is 12.8 Å². The van der Waals surface area contributed by atoms with Crippen LogP contribution in [0.1, 0.15) is 47.0 Å². The minimum Gasteiger partial charge on any atom is -0.341 e. The van der Waals surface area contributed by atoms with Crippen molar-refractivity contribution in [3.63, 3.8) is 0 Å². The van der Waals surface area contributed by atoms with Crippen molar-refractivity contribution < 1.29 is 4.79 Å². The Hall–Kier alpha value is -0.570. The van der Waals surface area contributed by atoms with Crippen LogP contribution in [0.25, 0.3) is 0 Å². The summed E-state index contributed by atoms with van der Waals surface area (Å²) in [5.41, 5.74) is 0.223. The molecule has 3 unspecified atom stereocenters. The molecular weight excluding hydrogens is 224 g/mol. The van der Waals surface area contributed by atoms with Gasteiger partial charge in [0.1, 0.15) is 0 Å². The van der Waals surface area contributed by atoms with Gasteiger partial charge in [-0.25, -0.2) is 0 Å². The number of amides is 1. The Morgan fingerprint density at radius 2 is 2.11 bits per heavy atom. The summed E-state index contributed by atoms with van der Waals surface area (Å²) in [5.74, 6) is 1.50. The maximum atomic E-state index is 12.3. The molecule has 2 heterocycles. The minimum absolute atomic E-state index is 0.223. The van der Waals surface area contributed by atoms with Gasteiger partial charge < -0.3 is 10.2 Å². The second-order valence-electron chi connectivity index (χ2n) is 7.23. The van der Waals surface area contributed by atoms with Gasteiger partial charge in [-0.2, -0.15) is 0 Å². The summed E-state index contributed by atoms with van der Waals surface area (Å²) in [4.78, 5) is 14.4. The molecule has 2 saturated heterocycles. The number of nitrogens with one attached hydrogen (secondary N) is 1. The highest BCUT2D eigenvalue weighted by Crippen LogP contribution is 2.30. The van der Waals surface area contributed by atoms with Gasteiger partial charge in [0.2, 0.25) is 5.91 Å². The first-order valence-corrected chi connectivity index (χ1v) is 7.39. The van der Waals surface area contributed by atoms with Crippen LogP contribution in [0.15, 0.2) is 0 Å². The van der Waals surface area contributed by atoms with Crippen molar-refractivity contribution in [3.05, 3.63) is 0 Å². The lowest BCUT2D eigenvalue weighted by atomic mass is 9.80. The number of piperidine rings is 1. The van der Waals surface area contributed by atoms with Crippen molar-refractivity contribution in [2.45, 2.75) is 53.0 Å². The number of carbonyl (C=O) groups excluding carboxylic acids is 1. The number of likely N-dealkylation sites (tertiary alicyclic amines) is 1. The molecule has 3 heteroatoms. The van der Waals surface area contributed by atoms with E-state index in [2.05, 4.69) is 37.9 Å². The van der Waals surface area contributed by atoms with Gasteiger partial charge in [-0.3, -0.25) is 4.79 Å². The van der Waals surface area contributed by atoms with Crippen LogP contribution in [0.2, 0.25) is 0 Å². The zero-order valence-corrected chi connectivity index (χ0v) is 12.3. The number of hydrogen-bond donors (Lipinski definition) is 1. The molecule has 2 fully saturated rings. The predicted octanol–water partition coefficient (Wildman–Crippen LogP) is 2.27. The maximum Gasteiger partial charge on any atom is 0.222 e. The molecule has 0 aromatic carbocycles. The van der Waals surface area contributed by atoms with Crippen LogP contribution in [0, 0.1) is 17.3 Å². The Labute approximate surface area is 111 Å². The summed E-state index contributed by atoms with van der Waals surface area (Å²) in [6.07, 6.45) is 3.25. The highest BCUT2D eigenvalue weighted by Gasteiger charge is 2.37. The van der Waals surface area contributed by atoms with E-state index in [-0.39, 0.29) is 5.41 Å². The van der Waals surface area contributed by atoms with E-state index >= 15 is 0 Å². The molecule has 1 amide bonds. The topological polar surface area (TPSA) is 32.3 Å². The molecule has 2 aliphatic heterocycles. The smallest absolute Gasteiger partial charge is 0.222 e. The molecule has 0 aromatic rings. The third-order valence-corrected chi connectivity index (χ3v) is 4.91. The van der Waals surface area contributed by atoms with Gasteiger partial charge in [0.05, 0.1) is 0 Å². The summed E-state index contributed by atoms with van der Waals surface area (Å²) in [6.45, 7) is 11.9. The van der Waals surface area contributed by atoms with Crippen molar-refractivity contribution >= 4 is 5.91 Å². The van der Waals surface area contributed by atoms with E-state index in [0.717, 1.165) is 19.6 Å². The van der Waals surface area contributed by atoms with E-state index in [0.29, 0.717) is 30.2 Å². The number of rotatable bonds is 2. The normalized spacial score (nSPS) is 30.1. The lowest BCUT2D eigenvalue weighted by molar-refractivity contribution is -0.132. The molecule has 2 aliphatic rings. The number of carbonyl (C=O) groups is 1. The van der Waals surface area contributed by atoms with Gasteiger partial charge in [-0.1, -0.05) is 27.7 Å². The molecule has 0 spiro atoms. The molecule has 1 N–H and O–H groups in total. The summed E-state index contributed by atoms with van der Waals surface area (Å²) >= 11 is 0. The van der Waals surface area contributed by atoms with Gasteiger partial charge >= 0.3 is 0 Å². The maximum absolute atomic E-state index is 12.3. The second kappa shape index (κ2) is 5.20. The van der Waals surface area contributed by atoms with Crippen LogP contribution in [0.5, 0.6) is 0 Å². The zero-order chi connectivity index (χ0) is 13.3. The third-order valence-electron chi connectivity index (χ3n) is 4.91. The standard InChI is InChI=1S/C15H28N2O/c1-11(15(2,3)4)8-14(18)17-9-12-6-5-7-16-13(12)10-17/h11-13,16H,5-10H2,1-4H3. The molecule has 3 atom stereocenters. The van der Waals surface area contributed by atoms with E-state index in [4.69, 9.17) is 0 Å². The van der Waals surface area contributed by atoms with Crippen molar-refractivity contribution in [1.29, 1.82) is 0 Å². The Morgan fingerprint density at radius 1 is 1.39 bits per heavy atom. The zero-order valence-electron chi connectivity index (χ0n) is 12.3. The first kappa shape index (κ1) is 13.9. The molecule has 0 aliphatic carbocycles. The minimum atomic E-state index is 0.223. The molecule has 18 heavy (non-hydrogen) atoms. The van der Waals surface area contributed by atoms with Crippen molar-refractivity contribution in [3.8, 4) is 0 Å². The van der Waals surface area contributed by atoms with Crippen LogP contribution in [-0.4, -0.2) is 36.5 Å². The summed E-state index contributed by atoms with van der Waals surface area (Å²) in [7, 11) is 0. The molecule has 104 valence electrons.